The zero-order valence-electron chi connectivity index (χ0n) is 34.7. The third-order valence-corrected chi connectivity index (χ3v) is 11.7. The summed E-state index contributed by atoms with van der Waals surface area (Å²) in [4.78, 5) is 85.1. The highest BCUT2D eigenvalue weighted by molar-refractivity contribution is 6.03. The van der Waals surface area contributed by atoms with E-state index in [0.717, 1.165) is 61.8 Å². The van der Waals surface area contributed by atoms with E-state index < -0.39 is 54.9 Å². The van der Waals surface area contributed by atoms with Gasteiger partial charge in [-0.2, -0.15) is 0 Å². The van der Waals surface area contributed by atoms with Gasteiger partial charge in [-0.05, 0) is 67.6 Å². The van der Waals surface area contributed by atoms with Gasteiger partial charge < -0.3 is 30.1 Å². The van der Waals surface area contributed by atoms with E-state index in [2.05, 4.69) is 0 Å². The second-order valence-electron chi connectivity index (χ2n) is 16.0. The molecule has 13 heteroatoms. The van der Waals surface area contributed by atoms with Gasteiger partial charge in [0.1, 0.15) is 19.2 Å². The van der Waals surface area contributed by atoms with Gasteiger partial charge in [0.25, 0.3) is 0 Å². The fraction of sp³-hybridized carbons (Fsp3) is 0.489. The highest BCUT2D eigenvalue weighted by Gasteiger charge is 2.41. The molecule has 1 aliphatic carbocycles. The molecule has 0 radical (unpaired) electrons. The molecule has 0 spiro atoms. The lowest BCUT2D eigenvalue weighted by atomic mass is 9.84. The van der Waals surface area contributed by atoms with Crippen LogP contribution in [-0.4, -0.2) is 93.8 Å². The minimum absolute atomic E-state index is 0.00212. The number of nitrogens with two attached hydrogens (primary N) is 1. The van der Waals surface area contributed by atoms with Crippen LogP contribution >= 0.6 is 0 Å². The Morgan fingerprint density at radius 1 is 0.783 bits per heavy atom. The first kappa shape index (κ1) is 45.5. The second-order valence-corrected chi connectivity index (χ2v) is 16.0. The standard InChI is InChI=1S/C47H60N4O9/c1-2-49(41(52)25-15-20-34-26-28-50(29-27-34)47(58)59-33-36-18-9-4-10-19-36)32-42(53)51(45(56)39(48)31-43(54)55)40(30-35-16-7-3-8-17-35)46(57)60-44(37-21-11-5-12-22-37)38-23-13-6-14-24-38/h4-6,9-14,18-19,21-24,34-35,39-40,44H,2-3,7-8,15-17,20,25-33,48H2,1H3,(H,54,55)/t39-,40-/m0/s1. The van der Waals surface area contributed by atoms with Crippen LogP contribution in [0.3, 0.4) is 0 Å². The number of esters is 1. The van der Waals surface area contributed by atoms with Gasteiger partial charge in [-0.25, -0.2) is 9.59 Å². The number of carbonyl (C=O) groups is 6. The van der Waals surface area contributed by atoms with Crippen molar-refractivity contribution in [3.63, 3.8) is 0 Å². The molecule has 3 N–H and O–H groups in total. The van der Waals surface area contributed by atoms with Crippen molar-refractivity contribution in [3.8, 4) is 0 Å². The van der Waals surface area contributed by atoms with Crippen molar-refractivity contribution >= 4 is 35.8 Å². The van der Waals surface area contributed by atoms with Crippen LogP contribution in [0.1, 0.15) is 107 Å². The van der Waals surface area contributed by atoms with Crippen molar-refractivity contribution in [2.75, 3.05) is 26.2 Å². The number of benzene rings is 3. The number of nitrogens with zero attached hydrogens (tertiary/aromatic N) is 3. The first-order chi connectivity index (χ1) is 29.0. The number of hydrogen-bond donors (Lipinski definition) is 2. The Morgan fingerprint density at radius 3 is 1.93 bits per heavy atom. The van der Waals surface area contributed by atoms with Gasteiger partial charge in [0.2, 0.25) is 17.7 Å². The zero-order valence-corrected chi connectivity index (χ0v) is 34.7. The summed E-state index contributed by atoms with van der Waals surface area (Å²) >= 11 is 0. The van der Waals surface area contributed by atoms with Crippen molar-refractivity contribution in [1.29, 1.82) is 0 Å². The number of amides is 4. The maximum absolute atomic E-state index is 14.6. The maximum Gasteiger partial charge on any atom is 0.410 e. The van der Waals surface area contributed by atoms with Crippen molar-refractivity contribution in [1.82, 2.24) is 14.7 Å². The molecular formula is C47H60N4O9. The molecule has 5 rings (SSSR count). The zero-order chi connectivity index (χ0) is 42.9. The fourth-order valence-corrected chi connectivity index (χ4v) is 8.26. The molecule has 0 bridgehead atoms. The number of aliphatic carboxylic acids is 1. The van der Waals surface area contributed by atoms with Crippen molar-refractivity contribution in [3.05, 3.63) is 108 Å². The van der Waals surface area contributed by atoms with Crippen LogP contribution in [0.15, 0.2) is 91.0 Å². The molecule has 4 amide bonds. The van der Waals surface area contributed by atoms with Crippen LogP contribution in [-0.2, 0) is 40.1 Å². The normalized spacial score (nSPS) is 15.8. The van der Waals surface area contributed by atoms with E-state index in [0.29, 0.717) is 36.6 Å². The second kappa shape index (κ2) is 23.3. The largest absolute Gasteiger partial charge is 0.481 e. The Labute approximate surface area is 353 Å². The van der Waals surface area contributed by atoms with Crippen LogP contribution in [0.5, 0.6) is 0 Å². The number of carbonyl (C=O) groups excluding carboxylic acids is 5. The van der Waals surface area contributed by atoms with Crippen LogP contribution in [0.25, 0.3) is 0 Å². The maximum atomic E-state index is 14.6. The summed E-state index contributed by atoms with van der Waals surface area (Å²) in [6.45, 7) is 2.75. The average Bonchev–Trinajstić information content (AvgIpc) is 3.27. The summed E-state index contributed by atoms with van der Waals surface area (Å²) in [5.41, 5.74) is 8.45. The number of hydrogen-bond acceptors (Lipinski definition) is 9. The van der Waals surface area contributed by atoms with E-state index in [-0.39, 0.29) is 43.9 Å². The Bertz CT molecular complexity index is 1810. The summed E-state index contributed by atoms with van der Waals surface area (Å²) < 4.78 is 11.7. The third-order valence-electron chi connectivity index (χ3n) is 11.7. The molecule has 13 nitrogen and oxygen atoms in total. The average molecular weight is 825 g/mol. The smallest absolute Gasteiger partial charge is 0.410 e. The van der Waals surface area contributed by atoms with Gasteiger partial charge in [-0.1, -0.05) is 123 Å². The molecule has 1 saturated carbocycles. The quantitative estimate of drug-likeness (QED) is 0.121. The van der Waals surface area contributed by atoms with E-state index in [1.54, 1.807) is 11.8 Å². The molecule has 3 aromatic rings. The molecule has 0 unspecified atom stereocenters. The number of rotatable bonds is 19. The lowest BCUT2D eigenvalue weighted by Gasteiger charge is -2.35. The van der Waals surface area contributed by atoms with Gasteiger partial charge in [-0.15, -0.1) is 0 Å². The first-order valence-corrected chi connectivity index (χ1v) is 21.4. The molecule has 1 aliphatic heterocycles. The fourth-order valence-electron chi connectivity index (χ4n) is 8.26. The van der Waals surface area contributed by atoms with E-state index in [4.69, 9.17) is 15.2 Å². The van der Waals surface area contributed by atoms with Crippen LogP contribution in [0.4, 0.5) is 4.79 Å². The van der Waals surface area contributed by atoms with Gasteiger partial charge in [0, 0.05) is 26.1 Å². The summed E-state index contributed by atoms with van der Waals surface area (Å²) in [6, 6.07) is 24.8. The van der Waals surface area contributed by atoms with E-state index in [9.17, 15) is 33.9 Å². The Hall–Kier alpha value is -5.56. The first-order valence-electron chi connectivity index (χ1n) is 21.4. The van der Waals surface area contributed by atoms with Gasteiger partial charge in [0.05, 0.1) is 12.5 Å². The van der Waals surface area contributed by atoms with E-state index in [1.807, 2.05) is 91.0 Å². The molecule has 3 aromatic carbocycles. The van der Waals surface area contributed by atoms with E-state index in [1.165, 1.54) is 4.90 Å². The summed E-state index contributed by atoms with van der Waals surface area (Å²) in [6.07, 6.45) is 5.71. The number of piperidine rings is 1. The Balaban J connectivity index is 1.26. The summed E-state index contributed by atoms with van der Waals surface area (Å²) in [5, 5.41) is 9.56. The number of likely N-dealkylation sites (N-methyl/N-ethyl adjacent to an activating group) is 1. The molecule has 1 saturated heterocycles. The summed E-state index contributed by atoms with van der Waals surface area (Å²) in [5.74, 6) is -3.94. The SMILES string of the molecule is CCN(CC(=O)N(C(=O)[C@@H](N)CC(=O)O)[C@@H](CC1CCCCC1)C(=O)OC(c1ccccc1)c1ccccc1)C(=O)CCCC1CCN(C(=O)OCc2ccccc2)CC1. The van der Waals surface area contributed by atoms with Crippen LogP contribution in [0.2, 0.25) is 0 Å². The Morgan fingerprint density at radius 2 is 1.37 bits per heavy atom. The van der Waals surface area contributed by atoms with E-state index >= 15 is 0 Å². The molecule has 2 aliphatic rings. The lowest BCUT2D eigenvalue weighted by Crippen LogP contribution is -2.58. The molecular weight excluding hydrogens is 765 g/mol. The molecule has 60 heavy (non-hydrogen) atoms. The topological polar surface area (TPSA) is 177 Å². The molecule has 2 fully saturated rings. The predicted molar refractivity (Wildman–Crippen MR) is 225 cm³/mol. The molecule has 322 valence electrons. The van der Waals surface area contributed by atoms with Crippen LogP contribution < -0.4 is 5.73 Å². The highest BCUT2D eigenvalue weighted by Crippen LogP contribution is 2.32. The number of carboxylic acids is 1. The van der Waals surface area contributed by atoms with Gasteiger partial charge in [0.15, 0.2) is 6.10 Å². The lowest BCUT2D eigenvalue weighted by molar-refractivity contribution is -0.166. The van der Waals surface area contributed by atoms with Gasteiger partial charge >= 0.3 is 18.0 Å². The minimum Gasteiger partial charge on any atom is -0.481 e. The number of ether oxygens (including phenoxy) is 2. The summed E-state index contributed by atoms with van der Waals surface area (Å²) in [7, 11) is 0. The Kier molecular flexibility index (Phi) is 17.7. The number of carboxylic acid groups (broad SMARTS) is 1. The number of imide groups is 1. The number of likely N-dealkylation sites (tertiary alicyclic amines) is 1. The molecule has 2 atom stereocenters. The van der Waals surface area contributed by atoms with Crippen molar-refractivity contribution in [2.45, 2.75) is 109 Å². The monoisotopic (exact) mass is 824 g/mol. The minimum atomic E-state index is -1.62. The van der Waals surface area contributed by atoms with Gasteiger partial charge in [-0.3, -0.25) is 24.1 Å². The highest BCUT2D eigenvalue weighted by atomic mass is 16.6. The van der Waals surface area contributed by atoms with Crippen molar-refractivity contribution < 1.29 is 43.3 Å². The molecule has 0 aromatic heterocycles. The van der Waals surface area contributed by atoms with Crippen LogP contribution in [0, 0.1) is 11.8 Å². The third kappa shape index (κ3) is 13.5. The molecule has 1 heterocycles. The predicted octanol–water partition coefficient (Wildman–Crippen LogP) is 6.88. The van der Waals surface area contributed by atoms with Crippen molar-refractivity contribution in [2.24, 2.45) is 17.6 Å².